The van der Waals surface area contributed by atoms with Crippen molar-refractivity contribution in [1.82, 2.24) is 24.8 Å². The summed E-state index contributed by atoms with van der Waals surface area (Å²) in [5, 5.41) is 0. The Balaban J connectivity index is 1.38. The number of nitrogens with zero attached hydrogens (tertiary/aromatic N) is 4. The molecule has 2 aromatic heterocycles. The quantitative estimate of drug-likeness (QED) is 0.799. The highest BCUT2D eigenvalue weighted by molar-refractivity contribution is 5.94. The van der Waals surface area contributed by atoms with E-state index in [1.807, 2.05) is 4.90 Å². The fourth-order valence-electron chi connectivity index (χ4n) is 5.37. The first-order valence-electron chi connectivity index (χ1n) is 11.7. The van der Waals surface area contributed by atoms with Gasteiger partial charge < -0.3 is 14.8 Å². The average molecular weight is 436 g/mol. The smallest absolute Gasteiger partial charge is 0.254 e. The van der Waals surface area contributed by atoms with Crippen LogP contribution in [0.5, 0.6) is 0 Å². The molecule has 0 bridgehead atoms. The van der Waals surface area contributed by atoms with Crippen molar-refractivity contribution in [2.24, 2.45) is 5.92 Å². The van der Waals surface area contributed by atoms with E-state index < -0.39 is 0 Å². The number of H-pyrrole nitrogens is 1. The second-order valence-corrected chi connectivity index (χ2v) is 9.11. The van der Waals surface area contributed by atoms with Gasteiger partial charge in [-0.1, -0.05) is 19.3 Å². The first kappa shape index (κ1) is 20.8. The number of aromatic nitrogens is 3. The lowest BCUT2D eigenvalue weighted by Gasteiger charge is -2.31. The molecule has 0 unspecified atom stereocenters. The van der Waals surface area contributed by atoms with Crippen LogP contribution in [0.4, 0.5) is 0 Å². The molecule has 0 spiro atoms. The Morgan fingerprint density at radius 2 is 1.78 bits per heavy atom. The zero-order valence-corrected chi connectivity index (χ0v) is 18.3. The third kappa shape index (κ3) is 3.94. The fraction of sp³-hybridized carbons (Fsp3) is 0.542. The van der Waals surface area contributed by atoms with E-state index in [9.17, 15) is 14.4 Å². The first-order chi connectivity index (χ1) is 15.6. The molecule has 3 aliphatic rings. The minimum atomic E-state index is -0.186. The lowest BCUT2D eigenvalue weighted by atomic mass is 9.88. The highest BCUT2D eigenvalue weighted by Crippen LogP contribution is 2.34. The molecule has 1 aliphatic carbocycles. The molecule has 168 valence electrons. The summed E-state index contributed by atoms with van der Waals surface area (Å²) in [5.74, 6) is 0.787. The van der Waals surface area contributed by atoms with Crippen molar-refractivity contribution < 1.29 is 9.59 Å². The van der Waals surface area contributed by atoms with Crippen molar-refractivity contribution in [3.8, 4) is 0 Å². The Hall–Kier alpha value is -3.03. The van der Waals surface area contributed by atoms with Crippen LogP contribution < -0.4 is 5.56 Å². The van der Waals surface area contributed by atoms with E-state index in [-0.39, 0.29) is 29.3 Å². The highest BCUT2D eigenvalue weighted by Gasteiger charge is 2.36. The zero-order chi connectivity index (χ0) is 22.1. The van der Waals surface area contributed by atoms with E-state index in [0.717, 1.165) is 38.5 Å². The number of hydrogen-bond acceptors (Lipinski definition) is 5. The molecule has 1 N–H and O–H groups in total. The van der Waals surface area contributed by atoms with Crippen molar-refractivity contribution in [3.05, 3.63) is 57.5 Å². The molecule has 1 saturated carbocycles. The van der Waals surface area contributed by atoms with Crippen LogP contribution in [0.2, 0.25) is 0 Å². The van der Waals surface area contributed by atoms with Gasteiger partial charge in [0.15, 0.2) is 0 Å². The second kappa shape index (κ2) is 8.84. The lowest BCUT2D eigenvalue weighted by Crippen LogP contribution is -2.41. The van der Waals surface area contributed by atoms with E-state index >= 15 is 0 Å². The largest absolute Gasteiger partial charge is 0.332 e. The van der Waals surface area contributed by atoms with Gasteiger partial charge in [-0.25, -0.2) is 4.98 Å². The van der Waals surface area contributed by atoms with Crippen molar-refractivity contribution in [2.75, 3.05) is 13.1 Å². The number of carbonyl (C=O) groups excluding carboxylic acids is 2. The second-order valence-electron chi connectivity index (χ2n) is 9.11. The van der Waals surface area contributed by atoms with Crippen molar-refractivity contribution in [3.63, 3.8) is 0 Å². The number of carbonyl (C=O) groups is 2. The minimum absolute atomic E-state index is 0.0864. The van der Waals surface area contributed by atoms with Gasteiger partial charge in [0.2, 0.25) is 5.91 Å². The monoisotopic (exact) mass is 435 g/mol. The number of pyridine rings is 1. The molecule has 2 amide bonds. The topological polar surface area (TPSA) is 99.3 Å². The van der Waals surface area contributed by atoms with Crippen LogP contribution in [0.3, 0.4) is 0 Å². The van der Waals surface area contributed by atoms with Gasteiger partial charge in [0.25, 0.3) is 11.5 Å². The molecule has 8 heteroatoms. The molecule has 1 atom stereocenters. The number of fused-ring (bicyclic) bond motifs is 1. The predicted octanol–water partition coefficient (Wildman–Crippen LogP) is 2.61. The third-order valence-corrected chi connectivity index (χ3v) is 7.11. The van der Waals surface area contributed by atoms with E-state index in [0.29, 0.717) is 48.7 Å². The summed E-state index contributed by atoms with van der Waals surface area (Å²) in [6.45, 7) is 1.50. The molecular weight excluding hydrogens is 406 g/mol. The van der Waals surface area contributed by atoms with E-state index in [1.54, 1.807) is 29.4 Å². The molecule has 5 rings (SSSR count). The van der Waals surface area contributed by atoms with Crippen LogP contribution in [0.15, 0.2) is 29.3 Å². The number of aromatic amines is 1. The Labute approximate surface area is 187 Å². The lowest BCUT2D eigenvalue weighted by molar-refractivity contribution is -0.137. The summed E-state index contributed by atoms with van der Waals surface area (Å²) in [4.78, 5) is 54.4. The van der Waals surface area contributed by atoms with Crippen molar-refractivity contribution >= 4 is 11.8 Å². The van der Waals surface area contributed by atoms with Gasteiger partial charge in [-0.2, -0.15) is 0 Å². The SMILES string of the molecule is O=C(c1ccncc1)N1CCc2c(nc([C@H]3CCCN3C(=O)C3CCCCC3)[nH]c2=O)C1. The molecule has 32 heavy (non-hydrogen) atoms. The molecule has 0 aromatic carbocycles. The molecule has 0 radical (unpaired) electrons. The summed E-state index contributed by atoms with van der Waals surface area (Å²) in [6.07, 6.45) is 10.8. The molecule has 1 saturated heterocycles. The molecular formula is C24H29N5O3. The van der Waals surface area contributed by atoms with Gasteiger partial charge in [-0.15, -0.1) is 0 Å². The number of rotatable bonds is 3. The Kier molecular flexibility index (Phi) is 5.76. The van der Waals surface area contributed by atoms with Gasteiger partial charge in [0.05, 0.1) is 18.3 Å². The van der Waals surface area contributed by atoms with Crippen LogP contribution in [0.1, 0.15) is 78.4 Å². The molecule has 4 heterocycles. The maximum atomic E-state index is 13.2. The molecule has 2 fully saturated rings. The third-order valence-electron chi connectivity index (χ3n) is 7.11. The summed E-state index contributed by atoms with van der Waals surface area (Å²) in [6, 6.07) is 3.21. The summed E-state index contributed by atoms with van der Waals surface area (Å²) < 4.78 is 0. The van der Waals surface area contributed by atoms with Crippen molar-refractivity contribution in [1.29, 1.82) is 0 Å². The van der Waals surface area contributed by atoms with Crippen LogP contribution in [0, 0.1) is 5.92 Å². The zero-order valence-electron chi connectivity index (χ0n) is 18.3. The van der Waals surface area contributed by atoms with Crippen LogP contribution in [-0.2, 0) is 17.8 Å². The molecule has 2 aromatic rings. The van der Waals surface area contributed by atoms with Gasteiger partial charge >= 0.3 is 0 Å². The summed E-state index contributed by atoms with van der Waals surface area (Å²) in [5.41, 5.74) is 1.73. The predicted molar refractivity (Wildman–Crippen MR) is 118 cm³/mol. The van der Waals surface area contributed by atoms with Gasteiger partial charge in [0.1, 0.15) is 5.82 Å². The van der Waals surface area contributed by atoms with Gasteiger partial charge in [0, 0.05) is 42.5 Å². The Morgan fingerprint density at radius 3 is 2.56 bits per heavy atom. The minimum Gasteiger partial charge on any atom is -0.332 e. The number of amides is 2. The van der Waals surface area contributed by atoms with E-state index in [4.69, 9.17) is 4.98 Å². The highest BCUT2D eigenvalue weighted by atomic mass is 16.2. The normalized spacial score (nSPS) is 21.4. The fourth-order valence-corrected chi connectivity index (χ4v) is 5.37. The van der Waals surface area contributed by atoms with Crippen LogP contribution >= 0.6 is 0 Å². The van der Waals surface area contributed by atoms with E-state index in [2.05, 4.69) is 9.97 Å². The van der Waals surface area contributed by atoms with Gasteiger partial charge in [-0.3, -0.25) is 19.4 Å². The van der Waals surface area contributed by atoms with Crippen molar-refractivity contribution in [2.45, 2.75) is 64.0 Å². The number of likely N-dealkylation sites (tertiary alicyclic amines) is 1. The maximum absolute atomic E-state index is 13.2. The Morgan fingerprint density at radius 1 is 1.00 bits per heavy atom. The maximum Gasteiger partial charge on any atom is 0.254 e. The molecule has 8 nitrogen and oxygen atoms in total. The standard InChI is InChI=1S/C24H29N5O3/c30-22-18-10-14-28(23(31)17-8-11-25-12-9-17)15-19(18)26-21(27-22)20-7-4-13-29(20)24(32)16-5-2-1-3-6-16/h8-9,11-12,16,20H,1-7,10,13-15H2,(H,26,27,30)/t20-/m1/s1. The van der Waals surface area contributed by atoms with E-state index in [1.165, 1.54) is 6.42 Å². The van der Waals surface area contributed by atoms with Gasteiger partial charge in [-0.05, 0) is 44.2 Å². The first-order valence-corrected chi connectivity index (χ1v) is 11.7. The molecule has 2 aliphatic heterocycles. The number of hydrogen-bond donors (Lipinski definition) is 1. The number of nitrogens with one attached hydrogen (secondary N) is 1. The summed E-state index contributed by atoms with van der Waals surface area (Å²) >= 11 is 0. The summed E-state index contributed by atoms with van der Waals surface area (Å²) in [7, 11) is 0. The Bertz CT molecular complexity index is 1060. The average Bonchev–Trinajstić information content (AvgIpc) is 3.34. The van der Waals surface area contributed by atoms with Crippen LogP contribution in [-0.4, -0.2) is 49.7 Å². The van der Waals surface area contributed by atoms with Crippen LogP contribution in [0.25, 0.3) is 0 Å².